The summed E-state index contributed by atoms with van der Waals surface area (Å²) in [4.78, 5) is 44.7. The van der Waals surface area contributed by atoms with Crippen LogP contribution in [0.15, 0.2) is 45.4 Å². The molecule has 0 amide bonds. The van der Waals surface area contributed by atoms with Crippen LogP contribution in [0.3, 0.4) is 0 Å². The Bertz CT molecular complexity index is 1080. The largest absolute Gasteiger partial charge is 0.344 e. The van der Waals surface area contributed by atoms with Gasteiger partial charge in [-0.05, 0) is 30.4 Å². The number of nitrogens with one attached hydrogen (secondary N) is 2. The number of allylic oxidation sites excluding steroid dienone is 2. The first-order valence-corrected chi connectivity index (χ1v) is 9.12. The number of carbonyl (C=O) groups excluding carboxylic acids is 1. The maximum absolute atomic E-state index is 13.1. The highest BCUT2D eigenvalue weighted by Gasteiger charge is 2.42. The molecule has 2 aromatic rings. The molecule has 1 atom stereocenters. The number of pyridine rings is 1. The van der Waals surface area contributed by atoms with Crippen LogP contribution in [0, 0.1) is 5.41 Å². The second-order valence-corrected chi connectivity index (χ2v) is 7.94. The molecule has 0 aromatic carbocycles. The molecule has 3 heterocycles. The molecule has 140 valence electrons. The minimum absolute atomic E-state index is 0.0295. The van der Waals surface area contributed by atoms with E-state index < -0.39 is 17.2 Å². The fourth-order valence-corrected chi connectivity index (χ4v) is 4.24. The van der Waals surface area contributed by atoms with Gasteiger partial charge in [0.15, 0.2) is 5.78 Å². The fourth-order valence-electron chi connectivity index (χ4n) is 4.24. The van der Waals surface area contributed by atoms with Crippen molar-refractivity contribution in [2.24, 2.45) is 5.41 Å². The van der Waals surface area contributed by atoms with Crippen molar-refractivity contribution in [1.29, 1.82) is 0 Å². The van der Waals surface area contributed by atoms with E-state index in [4.69, 9.17) is 0 Å². The first kappa shape index (κ1) is 17.5. The Morgan fingerprint density at radius 2 is 2.04 bits per heavy atom. The predicted molar refractivity (Wildman–Crippen MR) is 102 cm³/mol. The van der Waals surface area contributed by atoms with Gasteiger partial charge in [0.25, 0.3) is 5.56 Å². The molecule has 2 aliphatic rings. The zero-order valence-corrected chi connectivity index (χ0v) is 15.6. The van der Waals surface area contributed by atoms with Crippen LogP contribution in [0.1, 0.15) is 50.7 Å². The van der Waals surface area contributed by atoms with E-state index in [1.807, 2.05) is 13.0 Å². The maximum atomic E-state index is 13.1. The summed E-state index contributed by atoms with van der Waals surface area (Å²) in [6, 6.07) is 3.66. The average Bonchev–Trinajstić information content (AvgIpc) is 2.60. The molecule has 0 unspecified atom stereocenters. The van der Waals surface area contributed by atoms with Gasteiger partial charge in [0, 0.05) is 42.5 Å². The van der Waals surface area contributed by atoms with E-state index in [1.165, 1.54) is 4.57 Å². The predicted octanol–water partition coefficient (Wildman–Crippen LogP) is 2.15. The minimum atomic E-state index is -0.532. The van der Waals surface area contributed by atoms with Gasteiger partial charge in [0.05, 0.1) is 5.56 Å². The summed E-state index contributed by atoms with van der Waals surface area (Å²) in [6.07, 6.45) is 4.43. The van der Waals surface area contributed by atoms with Gasteiger partial charge < -0.3 is 5.32 Å². The van der Waals surface area contributed by atoms with Crippen LogP contribution >= 0.6 is 0 Å². The molecule has 1 aliphatic heterocycles. The van der Waals surface area contributed by atoms with Crippen molar-refractivity contribution in [3.8, 4) is 0 Å². The molecule has 2 N–H and O–H groups in total. The Morgan fingerprint density at radius 3 is 2.70 bits per heavy atom. The molecule has 0 saturated carbocycles. The molecule has 1 aliphatic carbocycles. The van der Waals surface area contributed by atoms with Crippen LogP contribution in [0.25, 0.3) is 0 Å². The first-order chi connectivity index (χ1) is 12.8. The topological polar surface area (TPSA) is 96.8 Å². The maximum Gasteiger partial charge on any atom is 0.329 e. The van der Waals surface area contributed by atoms with Crippen LogP contribution in [0.4, 0.5) is 5.82 Å². The van der Waals surface area contributed by atoms with Crippen molar-refractivity contribution in [2.45, 2.75) is 46.1 Å². The third kappa shape index (κ3) is 2.74. The lowest BCUT2D eigenvalue weighted by molar-refractivity contribution is -0.118. The second-order valence-electron chi connectivity index (χ2n) is 7.94. The first-order valence-electron chi connectivity index (χ1n) is 9.12. The molecule has 0 radical (unpaired) electrons. The highest BCUT2D eigenvalue weighted by Crippen LogP contribution is 2.47. The van der Waals surface area contributed by atoms with Crippen molar-refractivity contribution in [3.05, 3.63) is 67.8 Å². The SMILES string of the molecule is CCn1c2c(c(=O)[nH]c1=O)[C@H](c1cccnc1)C1=C(CC(C)(C)CC1=O)N2. The number of H-pyrrole nitrogens is 1. The number of nitrogens with zero attached hydrogens (tertiary/aromatic N) is 2. The van der Waals surface area contributed by atoms with Crippen molar-refractivity contribution >= 4 is 11.6 Å². The Kier molecular flexibility index (Phi) is 3.91. The molecule has 7 nitrogen and oxygen atoms in total. The quantitative estimate of drug-likeness (QED) is 0.849. The van der Waals surface area contributed by atoms with E-state index in [2.05, 4.69) is 29.1 Å². The summed E-state index contributed by atoms with van der Waals surface area (Å²) >= 11 is 0. The summed E-state index contributed by atoms with van der Waals surface area (Å²) < 4.78 is 1.51. The number of hydrogen-bond acceptors (Lipinski definition) is 5. The van der Waals surface area contributed by atoms with Gasteiger partial charge in [-0.1, -0.05) is 19.9 Å². The van der Waals surface area contributed by atoms with Crippen molar-refractivity contribution in [2.75, 3.05) is 5.32 Å². The van der Waals surface area contributed by atoms with Crippen LogP contribution in [0.5, 0.6) is 0 Å². The second kappa shape index (κ2) is 6.04. The molecule has 0 fully saturated rings. The Hall–Kier alpha value is -2.96. The molecular weight excluding hydrogens is 344 g/mol. The number of anilines is 1. The zero-order chi connectivity index (χ0) is 19.3. The fraction of sp³-hybridized carbons (Fsp3) is 0.400. The van der Waals surface area contributed by atoms with E-state index >= 15 is 0 Å². The molecular formula is C20H22N4O3. The van der Waals surface area contributed by atoms with E-state index in [9.17, 15) is 14.4 Å². The summed E-state index contributed by atoms with van der Waals surface area (Å²) in [5.41, 5.74) is 1.48. The number of aromatic nitrogens is 3. The summed E-state index contributed by atoms with van der Waals surface area (Å²) in [6.45, 7) is 6.36. The van der Waals surface area contributed by atoms with Gasteiger partial charge in [-0.2, -0.15) is 0 Å². The molecule has 0 bridgehead atoms. The molecule has 27 heavy (non-hydrogen) atoms. The normalized spacial score (nSPS) is 20.7. The van der Waals surface area contributed by atoms with Crippen molar-refractivity contribution < 1.29 is 4.79 Å². The monoisotopic (exact) mass is 366 g/mol. The van der Waals surface area contributed by atoms with Gasteiger partial charge in [-0.3, -0.25) is 24.1 Å². The van der Waals surface area contributed by atoms with Gasteiger partial charge in [-0.15, -0.1) is 0 Å². The Balaban J connectivity index is 2.06. The van der Waals surface area contributed by atoms with E-state index in [-0.39, 0.29) is 11.2 Å². The number of hydrogen-bond donors (Lipinski definition) is 2. The average molecular weight is 366 g/mol. The van der Waals surface area contributed by atoms with Crippen molar-refractivity contribution in [3.63, 3.8) is 0 Å². The number of aromatic amines is 1. The number of Topliss-reactive ketones (excluding diaryl/α,β-unsaturated/α-hetero) is 1. The minimum Gasteiger partial charge on any atom is -0.344 e. The van der Waals surface area contributed by atoms with Gasteiger partial charge in [0.2, 0.25) is 0 Å². The highest BCUT2D eigenvalue weighted by molar-refractivity contribution is 6.01. The van der Waals surface area contributed by atoms with Crippen LogP contribution < -0.4 is 16.6 Å². The molecule has 4 rings (SSSR count). The Labute approximate surface area is 156 Å². The number of ketones is 1. The lowest BCUT2D eigenvalue weighted by Gasteiger charge is -2.39. The van der Waals surface area contributed by atoms with Crippen LogP contribution in [-0.4, -0.2) is 20.3 Å². The van der Waals surface area contributed by atoms with E-state index in [0.717, 1.165) is 11.3 Å². The van der Waals surface area contributed by atoms with Crippen LogP contribution in [0.2, 0.25) is 0 Å². The molecule has 0 saturated heterocycles. The summed E-state index contributed by atoms with van der Waals surface area (Å²) in [5, 5.41) is 3.27. The molecule has 2 aromatic heterocycles. The van der Waals surface area contributed by atoms with Gasteiger partial charge in [0.1, 0.15) is 5.82 Å². The number of rotatable bonds is 2. The molecule has 0 spiro atoms. The summed E-state index contributed by atoms with van der Waals surface area (Å²) in [5.74, 6) is -0.0260. The highest BCUT2D eigenvalue weighted by atomic mass is 16.2. The standard InChI is InChI=1S/C20H22N4O3/c1-4-24-17-16(18(26)23-19(24)27)14(11-6-5-7-21-10-11)15-12(22-17)8-20(2,3)9-13(15)25/h5-7,10,14,22H,4,8-9H2,1-3H3,(H,23,26,27)/t14-/m1/s1. The Morgan fingerprint density at radius 1 is 1.26 bits per heavy atom. The summed E-state index contributed by atoms with van der Waals surface area (Å²) in [7, 11) is 0. The van der Waals surface area contributed by atoms with Crippen LogP contribution in [-0.2, 0) is 11.3 Å². The molecule has 7 heteroatoms. The van der Waals surface area contributed by atoms with E-state index in [1.54, 1.807) is 18.5 Å². The number of carbonyl (C=O) groups is 1. The number of fused-ring (bicyclic) bond motifs is 1. The van der Waals surface area contributed by atoms with Gasteiger partial charge in [-0.25, -0.2) is 4.79 Å². The lowest BCUT2D eigenvalue weighted by Crippen LogP contribution is -2.41. The van der Waals surface area contributed by atoms with Gasteiger partial charge >= 0.3 is 5.69 Å². The smallest absolute Gasteiger partial charge is 0.329 e. The van der Waals surface area contributed by atoms with E-state index in [0.29, 0.717) is 36.3 Å². The van der Waals surface area contributed by atoms with Crippen molar-refractivity contribution in [1.82, 2.24) is 14.5 Å². The zero-order valence-electron chi connectivity index (χ0n) is 15.6. The third-order valence-electron chi connectivity index (χ3n) is 5.34. The third-order valence-corrected chi connectivity index (χ3v) is 5.34. The lowest BCUT2D eigenvalue weighted by atomic mass is 9.69.